The molecule has 3 rings (SSSR count). The number of nitrogens with zero attached hydrogens (tertiary/aromatic N) is 2. The number of carbonyl (C=O) groups is 1. The molecule has 8 heteroatoms. The minimum atomic E-state index is -1.35. The first kappa shape index (κ1) is 17.9. The van der Waals surface area contributed by atoms with Crippen LogP contribution in [0.5, 0.6) is 0 Å². The molecule has 2 aromatic rings. The van der Waals surface area contributed by atoms with E-state index in [2.05, 4.69) is 0 Å². The van der Waals surface area contributed by atoms with Gasteiger partial charge in [0.05, 0.1) is 35.8 Å². The molecule has 0 bridgehead atoms. The second-order valence-electron chi connectivity index (χ2n) is 6.41. The summed E-state index contributed by atoms with van der Waals surface area (Å²) in [6.07, 6.45) is 1.56. The lowest BCUT2D eigenvalue weighted by molar-refractivity contribution is -0.151. The number of ether oxygens (including phenoxy) is 1. The zero-order valence-corrected chi connectivity index (χ0v) is 15.0. The van der Waals surface area contributed by atoms with Gasteiger partial charge in [0.15, 0.2) is 11.6 Å². The molecular weight excluding hydrogens is 342 g/mol. The van der Waals surface area contributed by atoms with Crippen LogP contribution in [0.15, 0.2) is 40.2 Å². The Bertz CT molecular complexity index is 845. The van der Waals surface area contributed by atoms with Crippen molar-refractivity contribution >= 4 is 28.1 Å². The van der Waals surface area contributed by atoms with E-state index in [0.29, 0.717) is 28.8 Å². The zero-order chi connectivity index (χ0) is 18.1. The van der Waals surface area contributed by atoms with Crippen molar-refractivity contribution in [1.82, 2.24) is 8.87 Å². The molecule has 1 aliphatic rings. The second-order valence-corrected chi connectivity index (χ2v) is 7.87. The summed E-state index contributed by atoms with van der Waals surface area (Å²) in [6.45, 7) is 4.47. The lowest BCUT2D eigenvalue weighted by Gasteiger charge is -2.35. The van der Waals surface area contributed by atoms with Gasteiger partial charge in [0.2, 0.25) is 0 Å². The summed E-state index contributed by atoms with van der Waals surface area (Å²) in [7, 11) is 0. The maximum atomic E-state index is 12.7. The molecule has 0 radical (unpaired) electrons. The monoisotopic (exact) mass is 363 g/mol. The summed E-state index contributed by atoms with van der Waals surface area (Å²) in [6, 6.07) is 6.92. The van der Waals surface area contributed by atoms with Crippen molar-refractivity contribution < 1.29 is 14.1 Å². The van der Waals surface area contributed by atoms with Crippen LogP contribution in [0.3, 0.4) is 0 Å². The van der Waals surface area contributed by atoms with Crippen molar-refractivity contribution in [2.24, 2.45) is 11.7 Å². The highest BCUT2D eigenvalue weighted by molar-refractivity contribution is 7.89. The van der Waals surface area contributed by atoms with E-state index in [1.54, 1.807) is 48.6 Å². The van der Waals surface area contributed by atoms with Crippen LogP contribution in [0, 0.1) is 5.92 Å². The summed E-state index contributed by atoms with van der Waals surface area (Å²) in [5.41, 5.74) is 5.47. The van der Waals surface area contributed by atoms with Crippen molar-refractivity contribution in [3.05, 3.63) is 40.8 Å². The Balaban J connectivity index is 1.89. The lowest BCUT2D eigenvalue weighted by Crippen LogP contribution is -2.57. The molecule has 134 valence electrons. The third-order valence-corrected chi connectivity index (χ3v) is 5.59. The Hall–Kier alpha value is -1.87. The van der Waals surface area contributed by atoms with Crippen LogP contribution in [0.25, 0.3) is 10.8 Å². The first-order valence-corrected chi connectivity index (χ1v) is 9.20. The minimum Gasteiger partial charge on any atom is -0.593 e. The summed E-state index contributed by atoms with van der Waals surface area (Å²) >= 11 is -1.35. The SMILES string of the molecule is CC(C)C(=O)OCn1ccc2c([S+]([O-])N3CC(N)C3)cccc2c1=O. The molecule has 2 heterocycles. The number of hydrogen-bond acceptors (Lipinski definition) is 6. The number of pyridine rings is 1. The number of benzene rings is 1. The fourth-order valence-corrected chi connectivity index (χ4v) is 4.08. The quantitative estimate of drug-likeness (QED) is 0.624. The van der Waals surface area contributed by atoms with Gasteiger partial charge in [-0.05, 0) is 18.2 Å². The van der Waals surface area contributed by atoms with E-state index in [1.807, 2.05) is 0 Å². The Morgan fingerprint density at radius 2 is 2.08 bits per heavy atom. The molecule has 1 aromatic carbocycles. The molecule has 0 aliphatic carbocycles. The Morgan fingerprint density at radius 3 is 2.72 bits per heavy atom. The smallest absolute Gasteiger partial charge is 0.310 e. The van der Waals surface area contributed by atoms with Crippen molar-refractivity contribution in [2.45, 2.75) is 31.5 Å². The van der Waals surface area contributed by atoms with E-state index in [-0.39, 0.29) is 30.2 Å². The van der Waals surface area contributed by atoms with Gasteiger partial charge in [0.1, 0.15) is 0 Å². The van der Waals surface area contributed by atoms with Crippen LogP contribution in [0.2, 0.25) is 0 Å². The fraction of sp³-hybridized carbons (Fsp3) is 0.412. The van der Waals surface area contributed by atoms with Crippen molar-refractivity contribution in [2.75, 3.05) is 13.1 Å². The Kier molecular flexibility index (Phi) is 5.14. The van der Waals surface area contributed by atoms with Crippen LogP contribution in [-0.2, 0) is 27.6 Å². The molecule has 0 spiro atoms. The first-order chi connectivity index (χ1) is 11.9. The highest BCUT2D eigenvalue weighted by Gasteiger charge is 2.35. The first-order valence-electron chi connectivity index (χ1n) is 8.09. The third-order valence-electron chi connectivity index (χ3n) is 4.09. The number of rotatable bonds is 5. The molecule has 0 saturated carbocycles. The average Bonchev–Trinajstić information content (AvgIpc) is 2.57. The predicted molar refractivity (Wildman–Crippen MR) is 95.1 cm³/mol. The Labute approximate surface area is 148 Å². The lowest BCUT2D eigenvalue weighted by atomic mass is 10.2. The van der Waals surface area contributed by atoms with E-state index >= 15 is 0 Å². The van der Waals surface area contributed by atoms with Gasteiger partial charge in [0.25, 0.3) is 5.56 Å². The molecule has 1 aromatic heterocycles. The van der Waals surface area contributed by atoms with Gasteiger partial charge in [0, 0.05) is 17.6 Å². The van der Waals surface area contributed by atoms with Gasteiger partial charge in [-0.1, -0.05) is 19.9 Å². The van der Waals surface area contributed by atoms with Crippen LogP contribution in [0.4, 0.5) is 0 Å². The number of fused-ring (bicyclic) bond motifs is 1. The predicted octanol–water partition coefficient (Wildman–Crippen LogP) is 0.824. The number of nitrogens with two attached hydrogens (primary N) is 1. The molecule has 1 atom stereocenters. The molecule has 1 unspecified atom stereocenters. The highest BCUT2D eigenvalue weighted by Crippen LogP contribution is 2.26. The summed E-state index contributed by atoms with van der Waals surface area (Å²) < 4.78 is 20.9. The summed E-state index contributed by atoms with van der Waals surface area (Å²) in [5, 5.41) is 1.08. The molecule has 2 N–H and O–H groups in total. The van der Waals surface area contributed by atoms with E-state index in [4.69, 9.17) is 10.5 Å². The van der Waals surface area contributed by atoms with Gasteiger partial charge < -0.3 is 15.0 Å². The fourth-order valence-electron chi connectivity index (χ4n) is 2.59. The average molecular weight is 363 g/mol. The van der Waals surface area contributed by atoms with E-state index in [1.165, 1.54) is 4.57 Å². The zero-order valence-electron chi connectivity index (χ0n) is 14.2. The van der Waals surface area contributed by atoms with Crippen molar-refractivity contribution in [1.29, 1.82) is 0 Å². The number of aromatic nitrogens is 1. The highest BCUT2D eigenvalue weighted by atomic mass is 32.2. The summed E-state index contributed by atoms with van der Waals surface area (Å²) in [5.74, 6) is -0.621. The van der Waals surface area contributed by atoms with Crippen molar-refractivity contribution in [3.8, 4) is 0 Å². The third kappa shape index (κ3) is 3.57. The van der Waals surface area contributed by atoms with Gasteiger partial charge in [-0.15, -0.1) is 4.31 Å². The topological polar surface area (TPSA) is 101 Å². The van der Waals surface area contributed by atoms with Crippen molar-refractivity contribution in [3.63, 3.8) is 0 Å². The van der Waals surface area contributed by atoms with Gasteiger partial charge in [-0.3, -0.25) is 14.2 Å². The normalized spacial score (nSPS) is 16.8. The Morgan fingerprint density at radius 1 is 1.36 bits per heavy atom. The van der Waals surface area contributed by atoms with Gasteiger partial charge in [-0.25, -0.2) is 0 Å². The molecule has 25 heavy (non-hydrogen) atoms. The van der Waals surface area contributed by atoms with Crippen LogP contribution < -0.4 is 11.3 Å². The maximum absolute atomic E-state index is 12.7. The molecule has 0 amide bonds. The van der Waals surface area contributed by atoms with Crippen LogP contribution in [-0.4, -0.2) is 38.5 Å². The van der Waals surface area contributed by atoms with Gasteiger partial charge >= 0.3 is 5.97 Å². The number of esters is 1. The van der Waals surface area contributed by atoms with E-state index in [9.17, 15) is 14.1 Å². The van der Waals surface area contributed by atoms with Crippen LogP contribution in [0.1, 0.15) is 13.8 Å². The summed E-state index contributed by atoms with van der Waals surface area (Å²) in [4.78, 5) is 24.8. The van der Waals surface area contributed by atoms with Crippen LogP contribution >= 0.6 is 0 Å². The number of carbonyl (C=O) groups excluding carboxylic acids is 1. The number of hydrogen-bond donors (Lipinski definition) is 1. The molecular formula is C17H21N3O4S. The van der Waals surface area contributed by atoms with E-state index in [0.717, 1.165) is 0 Å². The molecule has 1 aliphatic heterocycles. The maximum Gasteiger partial charge on any atom is 0.310 e. The molecule has 1 saturated heterocycles. The largest absolute Gasteiger partial charge is 0.593 e. The minimum absolute atomic E-state index is 0.0480. The van der Waals surface area contributed by atoms with Gasteiger partial charge in [-0.2, -0.15) is 0 Å². The molecule has 7 nitrogen and oxygen atoms in total. The second kappa shape index (κ2) is 7.17. The standard InChI is InChI=1S/C17H21N3O4S/c1-11(2)17(22)24-10-19-7-6-13-14(16(19)21)4-3-5-15(13)25(23)20-8-12(18)9-20/h3-7,11-12H,8-10,18H2,1-2H3. The molecule has 1 fully saturated rings. The van der Waals surface area contributed by atoms with E-state index < -0.39 is 11.4 Å².